The Bertz CT molecular complexity index is 710. The molecular formula is C14H15FN4O2. The molecule has 0 aliphatic carbocycles. The van der Waals surface area contributed by atoms with Crippen LogP contribution in [0.4, 0.5) is 16.2 Å². The highest BCUT2D eigenvalue weighted by molar-refractivity contribution is 5.74. The number of morpholine rings is 1. The maximum absolute atomic E-state index is 13.8. The van der Waals surface area contributed by atoms with Gasteiger partial charge >= 0.3 is 0 Å². The molecule has 0 radical (unpaired) electrons. The van der Waals surface area contributed by atoms with Gasteiger partial charge in [0.25, 0.3) is 5.56 Å². The summed E-state index contributed by atoms with van der Waals surface area (Å²) in [5.74, 6) is -0.0955. The topological polar surface area (TPSA) is 84.2 Å². The average molecular weight is 290 g/mol. The van der Waals surface area contributed by atoms with Gasteiger partial charge in [0.15, 0.2) is 0 Å². The molecule has 1 fully saturated rings. The first-order valence-electron chi connectivity index (χ1n) is 6.64. The lowest BCUT2D eigenvalue weighted by molar-refractivity contribution is 0.122. The molecule has 110 valence electrons. The van der Waals surface area contributed by atoms with E-state index in [0.29, 0.717) is 32.3 Å². The second-order valence-corrected chi connectivity index (χ2v) is 4.73. The smallest absolute Gasteiger partial charge is 0.262 e. The largest absolute Gasteiger partial charge is 0.383 e. The Morgan fingerprint density at radius 3 is 2.67 bits per heavy atom. The van der Waals surface area contributed by atoms with Crippen molar-refractivity contribution in [1.29, 1.82) is 0 Å². The molecule has 6 nitrogen and oxygen atoms in total. The third kappa shape index (κ3) is 2.59. The zero-order chi connectivity index (χ0) is 14.8. The van der Waals surface area contributed by atoms with Crippen LogP contribution < -0.4 is 16.2 Å². The summed E-state index contributed by atoms with van der Waals surface area (Å²) in [6.45, 7) is 2.39. The third-order valence-electron chi connectivity index (χ3n) is 3.39. The zero-order valence-corrected chi connectivity index (χ0v) is 11.3. The molecule has 0 amide bonds. The van der Waals surface area contributed by atoms with Crippen LogP contribution in [0.3, 0.4) is 0 Å². The molecule has 0 atom stereocenters. The quantitative estimate of drug-likeness (QED) is 0.862. The standard InChI is InChI=1S/C14H15FN4O2/c15-10-4-2-1-3-9(10)11-12(16)17-14(18-13(11)20)19-5-7-21-8-6-19/h1-4H,5-8H2,(H3,16,17,18,20). The van der Waals surface area contributed by atoms with E-state index in [4.69, 9.17) is 10.5 Å². The lowest BCUT2D eigenvalue weighted by Gasteiger charge is -2.27. The molecule has 0 saturated carbocycles. The maximum atomic E-state index is 13.8. The molecule has 1 saturated heterocycles. The van der Waals surface area contributed by atoms with Crippen molar-refractivity contribution in [2.24, 2.45) is 0 Å². The molecule has 0 bridgehead atoms. The Balaban J connectivity index is 2.05. The first-order chi connectivity index (χ1) is 10.2. The fourth-order valence-electron chi connectivity index (χ4n) is 2.33. The van der Waals surface area contributed by atoms with Crippen molar-refractivity contribution in [2.75, 3.05) is 36.9 Å². The van der Waals surface area contributed by atoms with Crippen LogP contribution in [0.2, 0.25) is 0 Å². The van der Waals surface area contributed by atoms with Gasteiger partial charge in [-0.1, -0.05) is 18.2 Å². The summed E-state index contributed by atoms with van der Waals surface area (Å²) in [5, 5.41) is 0. The van der Waals surface area contributed by atoms with Crippen LogP contribution in [0.1, 0.15) is 0 Å². The predicted octanol–water partition coefficient (Wildman–Crippen LogP) is 0.995. The molecule has 1 aliphatic rings. The predicted molar refractivity (Wildman–Crippen MR) is 77.7 cm³/mol. The molecule has 0 unspecified atom stereocenters. The van der Waals surface area contributed by atoms with Gasteiger partial charge < -0.3 is 15.4 Å². The summed E-state index contributed by atoms with van der Waals surface area (Å²) in [6.07, 6.45) is 0. The highest BCUT2D eigenvalue weighted by Crippen LogP contribution is 2.24. The SMILES string of the molecule is Nc1nc(N2CCOCC2)[nH]c(=O)c1-c1ccccc1F. The summed E-state index contributed by atoms with van der Waals surface area (Å²) < 4.78 is 19.1. The van der Waals surface area contributed by atoms with Crippen molar-refractivity contribution in [2.45, 2.75) is 0 Å². The van der Waals surface area contributed by atoms with Gasteiger partial charge in [-0.05, 0) is 6.07 Å². The van der Waals surface area contributed by atoms with Gasteiger partial charge in [0.05, 0.1) is 18.8 Å². The van der Waals surface area contributed by atoms with Crippen LogP contribution >= 0.6 is 0 Å². The van der Waals surface area contributed by atoms with Gasteiger partial charge in [-0.3, -0.25) is 9.78 Å². The molecule has 0 spiro atoms. The number of rotatable bonds is 2. The van der Waals surface area contributed by atoms with Gasteiger partial charge in [0.1, 0.15) is 11.6 Å². The van der Waals surface area contributed by atoms with Crippen molar-refractivity contribution in [1.82, 2.24) is 9.97 Å². The number of anilines is 2. The Morgan fingerprint density at radius 2 is 2.00 bits per heavy atom. The molecule has 3 N–H and O–H groups in total. The number of hydrogen-bond donors (Lipinski definition) is 2. The van der Waals surface area contributed by atoms with E-state index in [9.17, 15) is 9.18 Å². The lowest BCUT2D eigenvalue weighted by atomic mass is 10.1. The van der Waals surface area contributed by atoms with E-state index in [-0.39, 0.29) is 16.9 Å². The van der Waals surface area contributed by atoms with Crippen LogP contribution in [0.15, 0.2) is 29.1 Å². The number of nitrogens with one attached hydrogen (secondary N) is 1. The molecule has 1 aliphatic heterocycles. The van der Waals surface area contributed by atoms with E-state index in [2.05, 4.69) is 9.97 Å². The van der Waals surface area contributed by atoms with Crippen LogP contribution in [-0.4, -0.2) is 36.3 Å². The molecule has 1 aromatic heterocycles. The number of nitrogens with two attached hydrogens (primary N) is 1. The normalized spacial score (nSPS) is 15.2. The number of benzene rings is 1. The van der Waals surface area contributed by atoms with Gasteiger partial charge in [0.2, 0.25) is 5.95 Å². The van der Waals surface area contributed by atoms with Crippen LogP contribution in [-0.2, 0) is 4.74 Å². The minimum atomic E-state index is -0.504. The lowest BCUT2D eigenvalue weighted by Crippen LogP contribution is -2.38. The molecule has 3 rings (SSSR count). The maximum Gasteiger partial charge on any atom is 0.262 e. The van der Waals surface area contributed by atoms with Crippen molar-refractivity contribution in [3.05, 3.63) is 40.4 Å². The molecule has 2 heterocycles. The Kier molecular flexibility index (Phi) is 3.57. The number of aromatic amines is 1. The number of hydrogen-bond acceptors (Lipinski definition) is 5. The second-order valence-electron chi connectivity index (χ2n) is 4.73. The van der Waals surface area contributed by atoms with E-state index in [1.165, 1.54) is 12.1 Å². The van der Waals surface area contributed by atoms with E-state index in [0.717, 1.165) is 0 Å². The first-order valence-corrected chi connectivity index (χ1v) is 6.64. The average Bonchev–Trinajstić information content (AvgIpc) is 2.49. The Hall–Kier alpha value is -2.41. The van der Waals surface area contributed by atoms with Crippen molar-refractivity contribution in [3.8, 4) is 11.1 Å². The zero-order valence-electron chi connectivity index (χ0n) is 11.3. The summed E-state index contributed by atoms with van der Waals surface area (Å²) in [4.78, 5) is 21.0. The van der Waals surface area contributed by atoms with E-state index in [1.807, 2.05) is 4.90 Å². The molecule has 2 aromatic rings. The summed E-state index contributed by atoms with van der Waals surface area (Å²) in [7, 11) is 0. The fourth-order valence-corrected chi connectivity index (χ4v) is 2.33. The number of halogens is 1. The monoisotopic (exact) mass is 290 g/mol. The highest BCUT2D eigenvalue weighted by atomic mass is 19.1. The number of nitrogens with zero attached hydrogens (tertiary/aromatic N) is 2. The summed E-state index contributed by atoms with van der Waals surface area (Å²) >= 11 is 0. The van der Waals surface area contributed by atoms with E-state index in [1.54, 1.807) is 12.1 Å². The second kappa shape index (κ2) is 5.53. The van der Waals surface area contributed by atoms with Crippen LogP contribution in [0.5, 0.6) is 0 Å². The Labute approximate surface area is 120 Å². The molecule has 7 heteroatoms. The van der Waals surface area contributed by atoms with Crippen molar-refractivity contribution >= 4 is 11.8 Å². The van der Waals surface area contributed by atoms with Crippen molar-refractivity contribution < 1.29 is 9.13 Å². The highest BCUT2D eigenvalue weighted by Gasteiger charge is 2.18. The molecular weight excluding hydrogens is 275 g/mol. The number of aromatic nitrogens is 2. The number of H-pyrrole nitrogens is 1. The summed E-state index contributed by atoms with van der Waals surface area (Å²) in [5.41, 5.74) is 5.63. The fraction of sp³-hybridized carbons (Fsp3) is 0.286. The molecule has 1 aromatic carbocycles. The molecule has 21 heavy (non-hydrogen) atoms. The van der Waals surface area contributed by atoms with E-state index < -0.39 is 11.4 Å². The number of nitrogen functional groups attached to an aromatic ring is 1. The Morgan fingerprint density at radius 1 is 1.29 bits per heavy atom. The minimum absolute atomic E-state index is 0.0188. The van der Waals surface area contributed by atoms with Crippen molar-refractivity contribution in [3.63, 3.8) is 0 Å². The third-order valence-corrected chi connectivity index (χ3v) is 3.39. The van der Waals surface area contributed by atoms with Gasteiger partial charge in [-0.25, -0.2) is 4.39 Å². The van der Waals surface area contributed by atoms with Crippen LogP contribution in [0.25, 0.3) is 11.1 Å². The summed E-state index contributed by atoms with van der Waals surface area (Å²) in [6, 6.07) is 5.99. The first kappa shape index (κ1) is 13.6. The van der Waals surface area contributed by atoms with Gasteiger partial charge in [0, 0.05) is 18.7 Å². The van der Waals surface area contributed by atoms with Gasteiger partial charge in [-0.2, -0.15) is 4.98 Å². The number of ether oxygens (including phenoxy) is 1. The van der Waals surface area contributed by atoms with Crippen LogP contribution in [0, 0.1) is 5.82 Å². The van der Waals surface area contributed by atoms with E-state index >= 15 is 0 Å². The minimum Gasteiger partial charge on any atom is -0.383 e. The van der Waals surface area contributed by atoms with Gasteiger partial charge in [-0.15, -0.1) is 0 Å².